The van der Waals surface area contributed by atoms with Crippen LogP contribution in [0.5, 0.6) is 0 Å². The Hall–Kier alpha value is -2.51. The molecule has 3 aromatic heterocycles. The molecule has 0 atom stereocenters. The van der Waals surface area contributed by atoms with E-state index in [1.807, 2.05) is 17.9 Å². The monoisotopic (exact) mass is 392 g/mol. The van der Waals surface area contributed by atoms with Crippen molar-refractivity contribution in [2.75, 3.05) is 25.0 Å². The summed E-state index contributed by atoms with van der Waals surface area (Å²) in [7, 11) is 4.13. The van der Waals surface area contributed by atoms with Crippen molar-refractivity contribution in [3.05, 3.63) is 36.2 Å². The fraction of sp³-hybridized carbons (Fsp3) is 0.381. The molecule has 5 rings (SSSR count). The minimum Gasteiger partial charge on any atom is -0.348 e. The summed E-state index contributed by atoms with van der Waals surface area (Å²) in [5, 5.41) is 10.2. The average molecular weight is 393 g/mol. The number of benzene rings is 1. The number of aromatic nitrogens is 4. The number of anilines is 1. The zero-order valence-corrected chi connectivity index (χ0v) is 17.3. The van der Waals surface area contributed by atoms with Gasteiger partial charge in [-0.25, -0.2) is 4.98 Å². The van der Waals surface area contributed by atoms with Gasteiger partial charge in [-0.3, -0.25) is 9.67 Å². The molecule has 1 N–H and O–H groups in total. The molecule has 4 aromatic rings. The maximum Gasteiger partial charge on any atom is 0.186 e. The van der Waals surface area contributed by atoms with Crippen molar-refractivity contribution in [1.82, 2.24) is 25.1 Å². The highest BCUT2D eigenvalue weighted by Gasteiger charge is 2.21. The second-order valence-corrected chi connectivity index (χ2v) is 8.67. The quantitative estimate of drug-likeness (QED) is 0.576. The summed E-state index contributed by atoms with van der Waals surface area (Å²) in [6.45, 7) is 4.28. The van der Waals surface area contributed by atoms with Crippen molar-refractivity contribution >= 4 is 37.6 Å². The minimum absolute atomic E-state index is 0.560. The van der Waals surface area contributed by atoms with Gasteiger partial charge >= 0.3 is 0 Å². The number of hydrogen-bond acceptors (Lipinski definition) is 6. The number of rotatable bonds is 3. The molecular weight excluding hydrogens is 368 g/mol. The first-order valence-electron chi connectivity index (χ1n) is 9.73. The molecule has 0 bridgehead atoms. The van der Waals surface area contributed by atoms with Gasteiger partial charge in [-0.1, -0.05) is 11.3 Å². The maximum atomic E-state index is 4.84. The van der Waals surface area contributed by atoms with Crippen LogP contribution in [-0.4, -0.2) is 45.9 Å². The molecule has 0 saturated carbocycles. The molecule has 1 saturated heterocycles. The molecule has 144 valence electrons. The molecule has 0 amide bonds. The van der Waals surface area contributed by atoms with Crippen LogP contribution in [0.1, 0.15) is 18.4 Å². The average Bonchev–Trinajstić information content (AvgIpc) is 3.30. The van der Waals surface area contributed by atoms with Gasteiger partial charge in [-0.2, -0.15) is 5.10 Å². The van der Waals surface area contributed by atoms with Crippen molar-refractivity contribution in [1.29, 1.82) is 0 Å². The second-order valence-electron chi connectivity index (χ2n) is 7.66. The Morgan fingerprint density at radius 3 is 2.86 bits per heavy atom. The van der Waals surface area contributed by atoms with E-state index in [1.54, 1.807) is 11.3 Å². The van der Waals surface area contributed by atoms with E-state index in [0.717, 1.165) is 45.9 Å². The fourth-order valence-electron chi connectivity index (χ4n) is 4.06. The Morgan fingerprint density at radius 2 is 2.04 bits per heavy atom. The van der Waals surface area contributed by atoms with Crippen LogP contribution in [0.4, 0.5) is 5.13 Å². The summed E-state index contributed by atoms with van der Waals surface area (Å²) < 4.78 is 3.05. The third kappa shape index (κ3) is 3.04. The largest absolute Gasteiger partial charge is 0.348 e. The van der Waals surface area contributed by atoms with Crippen molar-refractivity contribution in [2.45, 2.75) is 25.8 Å². The molecule has 0 spiro atoms. The molecule has 1 aromatic carbocycles. The lowest BCUT2D eigenvalue weighted by Crippen LogP contribution is -2.41. The summed E-state index contributed by atoms with van der Waals surface area (Å²) >= 11 is 1.76. The van der Waals surface area contributed by atoms with Gasteiger partial charge in [-0.15, -0.1) is 0 Å². The third-order valence-electron chi connectivity index (χ3n) is 5.63. The number of piperidine rings is 1. The van der Waals surface area contributed by atoms with E-state index < -0.39 is 0 Å². The maximum absolute atomic E-state index is 4.84. The molecule has 0 radical (unpaired) electrons. The Labute approximate surface area is 168 Å². The molecule has 4 heterocycles. The van der Waals surface area contributed by atoms with E-state index in [9.17, 15) is 0 Å². The number of pyridine rings is 1. The van der Waals surface area contributed by atoms with Crippen LogP contribution < -0.4 is 10.2 Å². The molecule has 7 heteroatoms. The third-order valence-corrected chi connectivity index (χ3v) is 6.74. The zero-order chi connectivity index (χ0) is 19.3. The lowest BCUT2D eigenvalue weighted by Gasteiger charge is -2.31. The number of aryl methyl sites for hydroxylation is 2. The van der Waals surface area contributed by atoms with Gasteiger partial charge in [0.15, 0.2) is 5.13 Å². The summed E-state index contributed by atoms with van der Waals surface area (Å²) in [5.74, 6) is 0. The minimum atomic E-state index is 0.560. The first kappa shape index (κ1) is 17.6. The Bertz CT molecular complexity index is 1150. The predicted molar refractivity (Wildman–Crippen MR) is 116 cm³/mol. The van der Waals surface area contributed by atoms with Gasteiger partial charge < -0.3 is 10.2 Å². The highest BCUT2D eigenvalue weighted by molar-refractivity contribution is 7.22. The van der Waals surface area contributed by atoms with Gasteiger partial charge in [0.25, 0.3) is 0 Å². The van der Waals surface area contributed by atoms with Gasteiger partial charge in [0.2, 0.25) is 0 Å². The molecular formula is C21H24N6S. The van der Waals surface area contributed by atoms with E-state index in [4.69, 9.17) is 9.97 Å². The topological polar surface area (TPSA) is 58.9 Å². The van der Waals surface area contributed by atoms with Crippen molar-refractivity contribution < 1.29 is 0 Å². The first-order chi connectivity index (χ1) is 13.6. The number of nitrogens with one attached hydrogen (secondary N) is 1. The normalized spacial score (nSPS) is 15.5. The second kappa shape index (κ2) is 6.83. The molecule has 0 aliphatic carbocycles. The van der Waals surface area contributed by atoms with Gasteiger partial charge in [-0.05, 0) is 56.6 Å². The number of thiazole rings is 1. The fourth-order valence-corrected chi connectivity index (χ4v) is 5.06. The van der Waals surface area contributed by atoms with E-state index in [-0.39, 0.29) is 0 Å². The van der Waals surface area contributed by atoms with Gasteiger partial charge in [0.05, 0.1) is 22.1 Å². The molecule has 1 aliphatic rings. The van der Waals surface area contributed by atoms with Crippen LogP contribution in [-0.2, 0) is 7.05 Å². The Morgan fingerprint density at radius 1 is 1.21 bits per heavy atom. The highest BCUT2D eigenvalue weighted by Crippen LogP contribution is 2.33. The highest BCUT2D eigenvalue weighted by atomic mass is 32.1. The number of fused-ring (bicyclic) bond motifs is 2. The SMILES string of the molecule is Cc1cc(-c2cc3sc(N(C)C4CCNCC4)nc3cn2)cc2cn(C)nc12. The standard InChI is InChI=1S/C21H24N6S/c1-13-8-14(9-15-12-26(2)25-20(13)15)17-10-19-18(11-23-17)24-21(28-19)27(3)16-4-6-22-7-5-16/h8-12,16,22H,4-7H2,1-3H3. The van der Waals surface area contributed by atoms with Crippen molar-refractivity contribution in [3.8, 4) is 11.3 Å². The molecule has 28 heavy (non-hydrogen) atoms. The first-order valence-corrected chi connectivity index (χ1v) is 10.5. The molecule has 0 unspecified atom stereocenters. The van der Waals surface area contributed by atoms with E-state index >= 15 is 0 Å². The molecule has 6 nitrogen and oxygen atoms in total. The molecule has 1 aliphatic heterocycles. The van der Waals surface area contributed by atoms with E-state index in [2.05, 4.69) is 53.7 Å². The van der Waals surface area contributed by atoms with Crippen LogP contribution in [0, 0.1) is 6.92 Å². The zero-order valence-electron chi connectivity index (χ0n) is 16.4. The van der Waals surface area contributed by atoms with Crippen LogP contribution in [0.2, 0.25) is 0 Å². The van der Waals surface area contributed by atoms with Gasteiger partial charge in [0.1, 0.15) is 5.52 Å². The van der Waals surface area contributed by atoms with Crippen LogP contribution in [0.25, 0.3) is 32.4 Å². The molecule has 1 fully saturated rings. The van der Waals surface area contributed by atoms with Gasteiger partial charge in [0, 0.05) is 37.3 Å². The summed E-state index contributed by atoms with van der Waals surface area (Å²) in [6.07, 6.45) is 6.30. The van der Waals surface area contributed by atoms with Crippen molar-refractivity contribution in [3.63, 3.8) is 0 Å². The lowest BCUT2D eigenvalue weighted by molar-refractivity contribution is 0.443. The predicted octanol–water partition coefficient (Wildman–Crippen LogP) is 3.74. The van der Waals surface area contributed by atoms with E-state index in [0.29, 0.717) is 6.04 Å². The van der Waals surface area contributed by atoms with Crippen LogP contribution in [0.3, 0.4) is 0 Å². The Kier molecular flexibility index (Phi) is 4.29. The van der Waals surface area contributed by atoms with E-state index in [1.165, 1.54) is 23.1 Å². The summed E-state index contributed by atoms with van der Waals surface area (Å²) in [6, 6.07) is 7.08. The number of nitrogens with zero attached hydrogens (tertiary/aromatic N) is 5. The smallest absolute Gasteiger partial charge is 0.186 e. The lowest BCUT2D eigenvalue weighted by atomic mass is 10.0. The van der Waals surface area contributed by atoms with Crippen molar-refractivity contribution in [2.24, 2.45) is 7.05 Å². The summed E-state index contributed by atoms with van der Waals surface area (Å²) in [4.78, 5) is 11.9. The summed E-state index contributed by atoms with van der Waals surface area (Å²) in [5.41, 5.74) is 5.31. The van der Waals surface area contributed by atoms with Crippen LogP contribution >= 0.6 is 11.3 Å². The Balaban J connectivity index is 1.51. The number of hydrogen-bond donors (Lipinski definition) is 1. The van der Waals surface area contributed by atoms with Crippen LogP contribution in [0.15, 0.2) is 30.6 Å².